The zero-order chi connectivity index (χ0) is 19.9. The fourth-order valence-corrected chi connectivity index (χ4v) is 3.15. The molecule has 1 N–H and O–H groups in total. The molecule has 2 aromatic carbocycles. The van der Waals surface area contributed by atoms with Gasteiger partial charge in [-0.05, 0) is 43.5 Å². The molecule has 6 nitrogen and oxygen atoms in total. The number of sulfone groups is 1. The van der Waals surface area contributed by atoms with Gasteiger partial charge in [-0.15, -0.1) is 0 Å². The standard InChI is InChI=1S/C20H23NO5S/c1-15(11-12-16-7-4-3-5-8-16)21-19(22)14-26-20(23)17-9-6-10-18(13-17)27(2,24)25/h3-10,13,15H,11-12,14H2,1-2H3,(H,21,22)/t15-/m1/s1. The first-order valence-corrected chi connectivity index (χ1v) is 10.5. The first kappa shape index (κ1) is 20.6. The smallest absolute Gasteiger partial charge is 0.338 e. The Morgan fingerprint density at radius 2 is 1.78 bits per heavy atom. The number of amides is 1. The molecule has 0 aliphatic heterocycles. The van der Waals surface area contributed by atoms with Gasteiger partial charge in [-0.1, -0.05) is 36.4 Å². The minimum absolute atomic E-state index is 0.0240. The maximum absolute atomic E-state index is 12.0. The molecular weight excluding hydrogens is 366 g/mol. The average molecular weight is 389 g/mol. The Balaban J connectivity index is 1.80. The van der Waals surface area contributed by atoms with Crippen LogP contribution in [0.4, 0.5) is 0 Å². The summed E-state index contributed by atoms with van der Waals surface area (Å²) >= 11 is 0. The number of hydrogen-bond donors (Lipinski definition) is 1. The maximum Gasteiger partial charge on any atom is 0.338 e. The van der Waals surface area contributed by atoms with Gasteiger partial charge < -0.3 is 10.1 Å². The lowest BCUT2D eigenvalue weighted by Gasteiger charge is -2.14. The van der Waals surface area contributed by atoms with Crippen LogP contribution in [0.5, 0.6) is 0 Å². The van der Waals surface area contributed by atoms with E-state index >= 15 is 0 Å². The SMILES string of the molecule is C[C@H](CCc1ccccc1)NC(=O)COC(=O)c1cccc(S(C)(=O)=O)c1. The van der Waals surface area contributed by atoms with E-state index < -0.39 is 28.3 Å². The van der Waals surface area contributed by atoms with Crippen molar-refractivity contribution in [2.24, 2.45) is 0 Å². The molecule has 0 unspecified atom stereocenters. The quantitative estimate of drug-likeness (QED) is 0.700. The van der Waals surface area contributed by atoms with Crippen molar-refractivity contribution in [2.45, 2.75) is 30.7 Å². The van der Waals surface area contributed by atoms with Crippen molar-refractivity contribution in [1.82, 2.24) is 5.32 Å². The number of carbonyl (C=O) groups excluding carboxylic acids is 2. The van der Waals surface area contributed by atoms with Gasteiger partial charge in [-0.3, -0.25) is 4.79 Å². The predicted molar refractivity (Wildman–Crippen MR) is 102 cm³/mol. The van der Waals surface area contributed by atoms with Crippen LogP contribution in [0.15, 0.2) is 59.5 Å². The molecule has 144 valence electrons. The van der Waals surface area contributed by atoms with Gasteiger partial charge in [0.25, 0.3) is 5.91 Å². The van der Waals surface area contributed by atoms with Gasteiger partial charge in [0.15, 0.2) is 16.4 Å². The van der Waals surface area contributed by atoms with Crippen LogP contribution in [-0.4, -0.2) is 39.2 Å². The summed E-state index contributed by atoms with van der Waals surface area (Å²) in [6.07, 6.45) is 2.65. The summed E-state index contributed by atoms with van der Waals surface area (Å²) in [4.78, 5) is 24.0. The second-order valence-corrected chi connectivity index (χ2v) is 8.38. The Morgan fingerprint density at radius 1 is 1.07 bits per heavy atom. The number of aryl methyl sites for hydroxylation is 1. The molecular formula is C20H23NO5S. The molecule has 1 atom stereocenters. The van der Waals surface area contributed by atoms with E-state index in [0.717, 1.165) is 19.1 Å². The number of nitrogens with one attached hydrogen (secondary N) is 1. The van der Waals surface area contributed by atoms with Crippen molar-refractivity contribution in [2.75, 3.05) is 12.9 Å². The molecule has 0 bridgehead atoms. The van der Waals surface area contributed by atoms with Gasteiger partial charge in [-0.2, -0.15) is 0 Å². The molecule has 0 spiro atoms. The molecule has 0 saturated carbocycles. The lowest BCUT2D eigenvalue weighted by Crippen LogP contribution is -2.36. The van der Waals surface area contributed by atoms with Crippen molar-refractivity contribution in [1.29, 1.82) is 0 Å². The lowest BCUT2D eigenvalue weighted by molar-refractivity contribution is -0.124. The van der Waals surface area contributed by atoms with Crippen LogP contribution < -0.4 is 5.32 Å². The molecule has 0 fully saturated rings. The Morgan fingerprint density at radius 3 is 2.44 bits per heavy atom. The van der Waals surface area contributed by atoms with Crippen LogP contribution in [0.3, 0.4) is 0 Å². The van der Waals surface area contributed by atoms with E-state index in [0.29, 0.717) is 0 Å². The van der Waals surface area contributed by atoms with Crippen LogP contribution in [0.1, 0.15) is 29.3 Å². The van der Waals surface area contributed by atoms with Gasteiger partial charge in [0.2, 0.25) is 0 Å². The van der Waals surface area contributed by atoms with E-state index in [4.69, 9.17) is 4.74 Å². The Bertz CT molecular complexity index is 894. The first-order valence-electron chi connectivity index (χ1n) is 8.56. The van der Waals surface area contributed by atoms with E-state index in [2.05, 4.69) is 5.32 Å². The maximum atomic E-state index is 12.0. The number of esters is 1. The zero-order valence-electron chi connectivity index (χ0n) is 15.3. The van der Waals surface area contributed by atoms with E-state index in [9.17, 15) is 18.0 Å². The highest BCUT2D eigenvalue weighted by molar-refractivity contribution is 7.90. The molecule has 1 amide bonds. The van der Waals surface area contributed by atoms with E-state index in [1.807, 2.05) is 37.3 Å². The third-order valence-corrected chi connectivity index (χ3v) is 5.06. The van der Waals surface area contributed by atoms with E-state index in [1.54, 1.807) is 0 Å². The van der Waals surface area contributed by atoms with Crippen LogP contribution in [0.25, 0.3) is 0 Å². The van der Waals surface area contributed by atoms with E-state index in [1.165, 1.54) is 29.8 Å². The topological polar surface area (TPSA) is 89.5 Å². The van der Waals surface area contributed by atoms with Crippen molar-refractivity contribution in [3.63, 3.8) is 0 Å². The van der Waals surface area contributed by atoms with Gasteiger partial charge in [-0.25, -0.2) is 13.2 Å². The third kappa shape index (κ3) is 6.86. The van der Waals surface area contributed by atoms with Gasteiger partial charge >= 0.3 is 5.97 Å². The summed E-state index contributed by atoms with van der Waals surface area (Å²) in [5.41, 5.74) is 1.28. The monoisotopic (exact) mass is 389 g/mol. The summed E-state index contributed by atoms with van der Waals surface area (Å²) in [6.45, 7) is 1.47. The Kier molecular flexibility index (Phi) is 7.12. The Hall–Kier alpha value is -2.67. The molecule has 2 rings (SSSR count). The van der Waals surface area contributed by atoms with Crippen molar-refractivity contribution in [3.05, 3.63) is 65.7 Å². The second kappa shape index (κ2) is 9.32. The molecule has 7 heteroatoms. The van der Waals surface area contributed by atoms with E-state index in [-0.39, 0.29) is 16.5 Å². The fraction of sp³-hybridized carbons (Fsp3) is 0.300. The average Bonchev–Trinajstić information content (AvgIpc) is 2.64. The predicted octanol–water partition coefficient (Wildman–Crippen LogP) is 2.38. The number of benzene rings is 2. The molecule has 0 aliphatic rings. The molecule has 27 heavy (non-hydrogen) atoms. The summed E-state index contributed by atoms with van der Waals surface area (Å²) in [7, 11) is -3.42. The van der Waals surface area contributed by atoms with Gasteiger partial charge in [0, 0.05) is 12.3 Å². The summed E-state index contributed by atoms with van der Waals surface area (Å²) in [5.74, 6) is -1.14. The normalized spacial score (nSPS) is 12.2. The summed E-state index contributed by atoms with van der Waals surface area (Å²) in [6, 6.07) is 15.4. The molecule has 0 saturated heterocycles. The third-order valence-electron chi connectivity index (χ3n) is 3.95. The number of rotatable bonds is 8. The molecule has 0 aromatic heterocycles. The largest absolute Gasteiger partial charge is 0.452 e. The zero-order valence-corrected chi connectivity index (χ0v) is 16.2. The number of hydrogen-bond acceptors (Lipinski definition) is 5. The highest BCUT2D eigenvalue weighted by Gasteiger charge is 2.15. The molecule has 0 radical (unpaired) electrons. The van der Waals surface area contributed by atoms with Crippen LogP contribution in [-0.2, 0) is 25.8 Å². The van der Waals surface area contributed by atoms with Gasteiger partial charge in [0.05, 0.1) is 10.5 Å². The summed E-state index contributed by atoms with van der Waals surface area (Å²) < 4.78 is 28.1. The van der Waals surface area contributed by atoms with Crippen molar-refractivity contribution in [3.8, 4) is 0 Å². The van der Waals surface area contributed by atoms with Crippen LogP contribution in [0.2, 0.25) is 0 Å². The Labute approximate surface area is 159 Å². The molecule has 0 aliphatic carbocycles. The lowest BCUT2D eigenvalue weighted by atomic mass is 10.1. The highest BCUT2D eigenvalue weighted by atomic mass is 32.2. The molecule has 2 aromatic rings. The minimum atomic E-state index is -3.42. The number of ether oxygens (including phenoxy) is 1. The van der Waals surface area contributed by atoms with Crippen LogP contribution >= 0.6 is 0 Å². The fourth-order valence-electron chi connectivity index (χ4n) is 2.48. The first-order chi connectivity index (χ1) is 12.8. The summed E-state index contributed by atoms with van der Waals surface area (Å²) in [5, 5.41) is 2.78. The number of carbonyl (C=O) groups is 2. The van der Waals surface area contributed by atoms with Crippen molar-refractivity contribution < 1.29 is 22.7 Å². The van der Waals surface area contributed by atoms with Crippen LogP contribution in [0, 0.1) is 0 Å². The highest BCUT2D eigenvalue weighted by Crippen LogP contribution is 2.12. The molecule has 0 heterocycles. The second-order valence-electron chi connectivity index (χ2n) is 6.37. The minimum Gasteiger partial charge on any atom is -0.452 e. The van der Waals surface area contributed by atoms with Gasteiger partial charge in [0.1, 0.15) is 0 Å². The van der Waals surface area contributed by atoms with Crippen molar-refractivity contribution >= 4 is 21.7 Å².